The average Bonchev–Trinajstić information content (AvgIpc) is 2.40. The third-order valence-corrected chi connectivity index (χ3v) is 4.79. The lowest BCUT2D eigenvalue weighted by molar-refractivity contribution is 0.0718. The fraction of sp³-hybridized carbons (Fsp3) is 0.538. The lowest BCUT2D eigenvalue weighted by atomic mass is 10.1. The monoisotopic (exact) mass is 284 g/mol. The Hall–Kier alpha value is -0.950. The molecule has 1 atom stereocenters. The van der Waals surface area contributed by atoms with Crippen LogP contribution in [-0.2, 0) is 21.7 Å². The molecule has 0 aromatic heterocycles. The molecule has 0 bridgehead atoms. The number of piperidine rings is 1. The summed E-state index contributed by atoms with van der Waals surface area (Å²) in [4.78, 5) is 7.31. The minimum absolute atomic E-state index is 0.0339. The van der Waals surface area contributed by atoms with E-state index < -0.39 is 10.2 Å². The van der Waals surface area contributed by atoms with Crippen LogP contribution in [0, 0.1) is 0 Å². The summed E-state index contributed by atoms with van der Waals surface area (Å²) in [5.41, 5.74) is 0.928. The van der Waals surface area contributed by atoms with Crippen molar-refractivity contribution in [3.63, 3.8) is 0 Å². The quantitative estimate of drug-likeness (QED) is 0.839. The Labute approximate surface area is 114 Å². The van der Waals surface area contributed by atoms with Crippen LogP contribution in [0.15, 0.2) is 30.3 Å². The predicted octanol–water partition coefficient (Wildman–Crippen LogP) is 1.83. The average molecular weight is 284 g/mol. The smallest absolute Gasteiger partial charge is 0.281 e. The van der Waals surface area contributed by atoms with Gasteiger partial charge in [0, 0.05) is 12.6 Å². The van der Waals surface area contributed by atoms with Crippen molar-refractivity contribution in [1.82, 2.24) is 9.19 Å². The molecule has 1 heterocycles. The van der Waals surface area contributed by atoms with Gasteiger partial charge < -0.3 is 0 Å². The van der Waals surface area contributed by atoms with Gasteiger partial charge in [0.25, 0.3) is 0 Å². The molecule has 6 heteroatoms. The second-order valence-electron chi connectivity index (χ2n) is 4.82. The lowest BCUT2D eigenvalue weighted by Crippen LogP contribution is -2.47. The standard InChI is InChI=1S/C13H20N2O3S/c1-12-7-5-6-10-15(12)19(16,17)14-18-11-13-8-3-2-4-9-13/h2-4,8-9,12,14H,5-7,10-11H2,1H3. The van der Waals surface area contributed by atoms with Crippen LogP contribution in [0.2, 0.25) is 0 Å². The largest absolute Gasteiger partial charge is 0.301 e. The van der Waals surface area contributed by atoms with Gasteiger partial charge in [-0.25, -0.2) is 0 Å². The molecular weight excluding hydrogens is 264 g/mol. The van der Waals surface area contributed by atoms with E-state index in [1.54, 1.807) is 0 Å². The fourth-order valence-electron chi connectivity index (χ4n) is 2.24. The first-order chi connectivity index (χ1) is 9.09. The summed E-state index contributed by atoms with van der Waals surface area (Å²) in [6.07, 6.45) is 2.89. The summed E-state index contributed by atoms with van der Waals surface area (Å²) in [6, 6.07) is 9.49. The molecule has 1 aromatic rings. The molecule has 5 nitrogen and oxygen atoms in total. The maximum absolute atomic E-state index is 12.1. The Bertz CT molecular complexity index is 490. The van der Waals surface area contributed by atoms with Gasteiger partial charge in [0.15, 0.2) is 0 Å². The van der Waals surface area contributed by atoms with Crippen molar-refractivity contribution < 1.29 is 13.3 Å². The molecule has 0 aliphatic carbocycles. The number of benzene rings is 1. The van der Waals surface area contributed by atoms with Gasteiger partial charge in [0.05, 0.1) is 6.61 Å². The van der Waals surface area contributed by atoms with E-state index in [0.717, 1.165) is 24.8 Å². The van der Waals surface area contributed by atoms with E-state index >= 15 is 0 Å². The highest BCUT2D eigenvalue weighted by Gasteiger charge is 2.29. The van der Waals surface area contributed by atoms with Gasteiger partial charge in [-0.1, -0.05) is 41.6 Å². The molecule has 1 N–H and O–H groups in total. The van der Waals surface area contributed by atoms with Crippen molar-refractivity contribution in [3.8, 4) is 0 Å². The van der Waals surface area contributed by atoms with Gasteiger partial charge in [-0.05, 0) is 25.3 Å². The van der Waals surface area contributed by atoms with E-state index in [1.807, 2.05) is 37.3 Å². The summed E-state index contributed by atoms with van der Waals surface area (Å²) < 4.78 is 25.6. The van der Waals surface area contributed by atoms with Gasteiger partial charge in [-0.3, -0.25) is 4.84 Å². The van der Waals surface area contributed by atoms with Gasteiger partial charge in [0.1, 0.15) is 0 Å². The van der Waals surface area contributed by atoms with E-state index in [-0.39, 0.29) is 12.6 Å². The summed E-state index contributed by atoms with van der Waals surface area (Å²) in [5, 5.41) is 0. The van der Waals surface area contributed by atoms with Gasteiger partial charge in [0.2, 0.25) is 0 Å². The third-order valence-electron chi connectivity index (χ3n) is 3.30. The summed E-state index contributed by atoms with van der Waals surface area (Å²) in [5.74, 6) is 0. The Morgan fingerprint density at radius 1 is 1.32 bits per heavy atom. The molecule has 0 saturated carbocycles. The molecule has 1 aliphatic rings. The first-order valence-electron chi connectivity index (χ1n) is 6.54. The zero-order valence-electron chi connectivity index (χ0n) is 11.1. The number of nitrogens with zero attached hydrogens (tertiary/aromatic N) is 1. The topological polar surface area (TPSA) is 58.6 Å². The van der Waals surface area contributed by atoms with Crippen LogP contribution in [0.3, 0.4) is 0 Å². The predicted molar refractivity (Wildman–Crippen MR) is 73.3 cm³/mol. The Morgan fingerprint density at radius 3 is 2.74 bits per heavy atom. The van der Waals surface area contributed by atoms with Crippen LogP contribution in [0.25, 0.3) is 0 Å². The van der Waals surface area contributed by atoms with Crippen LogP contribution in [0.5, 0.6) is 0 Å². The molecule has 1 fully saturated rings. The van der Waals surface area contributed by atoms with E-state index in [1.165, 1.54) is 4.31 Å². The highest BCUT2D eigenvalue weighted by molar-refractivity contribution is 7.87. The molecule has 0 amide bonds. The first kappa shape index (κ1) is 14.5. The van der Waals surface area contributed by atoms with Gasteiger partial charge in [-0.15, -0.1) is 0 Å². The SMILES string of the molecule is CC1CCCCN1S(=O)(=O)NOCc1ccccc1. The zero-order valence-corrected chi connectivity index (χ0v) is 11.9. The van der Waals surface area contributed by atoms with Crippen molar-refractivity contribution in [2.45, 2.75) is 38.8 Å². The maximum Gasteiger partial charge on any atom is 0.301 e. The van der Waals surface area contributed by atoms with Crippen molar-refractivity contribution in [3.05, 3.63) is 35.9 Å². The fourth-order valence-corrected chi connectivity index (χ4v) is 3.49. The Morgan fingerprint density at radius 2 is 2.05 bits per heavy atom. The highest BCUT2D eigenvalue weighted by Crippen LogP contribution is 2.19. The number of hydrogen-bond acceptors (Lipinski definition) is 3. The van der Waals surface area contributed by atoms with E-state index in [9.17, 15) is 8.42 Å². The molecule has 1 aromatic carbocycles. The van der Waals surface area contributed by atoms with Crippen molar-refractivity contribution in [1.29, 1.82) is 0 Å². The molecule has 1 unspecified atom stereocenters. The van der Waals surface area contributed by atoms with Crippen LogP contribution in [0.1, 0.15) is 31.7 Å². The molecular formula is C13H20N2O3S. The second kappa shape index (κ2) is 6.47. The van der Waals surface area contributed by atoms with E-state index in [2.05, 4.69) is 4.89 Å². The molecule has 106 valence electrons. The minimum Gasteiger partial charge on any atom is -0.281 e. The van der Waals surface area contributed by atoms with Crippen molar-refractivity contribution >= 4 is 10.2 Å². The normalized spacial score (nSPS) is 21.4. The van der Waals surface area contributed by atoms with E-state index in [4.69, 9.17) is 4.84 Å². The van der Waals surface area contributed by atoms with Crippen LogP contribution >= 0.6 is 0 Å². The first-order valence-corrected chi connectivity index (χ1v) is 7.98. The molecule has 1 saturated heterocycles. The van der Waals surface area contributed by atoms with Crippen LogP contribution in [0.4, 0.5) is 0 Å². The van der Waals surface area contributed by atoms with Crippen molar-refractivity contribution in [2.75, 3.05) is 6.54 Å². The van der Waals surface area contributed by atoms with Crippen LogP contribution < -0.4 is 4.89 Å². The van der Waals surface area contributed by atoms with Crippen molar-refractivity contribution in [2.24, 2.45) is 0 Å². The highest BCUT2D eigenvalue weighted by atomic mass is 32.2. The second-order valence-corrected chi connectivity index (χ2v) is 6.40. The van der Waals surface area contributed by atoms with E-state index in [0.29, 0.717) is 6.54 Å². The lowest BCUT2D eigenvalue weighted by Gasteiger charge is -2.31. The zero-order chi connectivity index (χ0) is 13.7. The summed E-state index contributed by atoms with van der Waals surface area (Å²) in [6.45, 7) is 2.71. The molecule has 0 radical (unpaired) electrons. The minimum atomic E-state index is -3.54. The molecule has 0 spiro atoms. The molecule has 1 aliphatic heterocycles. The van der Waals surface area contributed by atoms with Gasteiger partial charge in [-0.2, -0.15) is 12.7 Å². The number of rotatable bonds is 5. The molecule has 19 heavy (non-hydrogen) atoms. The number of hydrogen-bond donors (Lipinski definition) is 1. The molecule has 2 rings (SSSR count). The Kier molecular flexibility index (Phi) is 4.93. The van der Waals surface area contributed by atoms with Crippen LogP contribution in [-0.4, -0.2) is 25.3 Å². The third kappa shape index (κ3) is 4.01. The number of nitrogens with one attached hydrogen (secondary N) is 1. The van der Waals surface area contributed by atoms with Gasteiger partial charge >= 0.3 is 10.2 Å². The Balaban J connectivity index is 1.87. The maximum atomic E-state index is 12.1. The summed E-state index contributed by atoms with van der Waals surface area (Å²) in [7, 11) is -3.54. The summed E-state index contributed by atoms with van der Waals surface area (Å²) >= 11 is 0.